The van der Waals surface area contributed by atoms with E-state index < -0.39 is 5.97 Å². The highest BCUT2D eigenvalue weighted by Crippen LogP contribution is 2.13. The number of carboxylic acid groups (broad SMARTS) is 1. The van der Waals surface area contributed by atoms with Gasteiger partial charge in [0.2, 0.25) is 0 Å². The minimum Gasteiger partial charge on any atom is -0.550 e. The first-order valence-electron chi connectivity index (χ1n) is 3.72. The molecule has 0 amide bonds. The Labute approximate surface area is 62.2 Å². The standard InChI is InChI=1S/C8H16O2/c1-6(2)4-7(3)5-8(9)10/h6-7H,4-5H2,1-3H3,(H,9,10)/p-1. The van der Waals surface area contributed by atoms with E-state index in [9.17, 15) is 9.90 Å². The van der Waals surface area contributed by atoms with Gasteiger partial charge in [-0.3, -0.25) is 0 Å². The molecule has 60 valence electrons. The Balaban J connectivity index is 3.43. The van der Waals surface area contributed by atoms with Gasteiger partial charge in [0.05, 0.1) is 0 Å². The number of aliphatic carboxylic acids is 1. The van der Waals surface area contributed by atoms with E-state index in [1.165, 1.54) is 0 Å². The van der Waals surface area contributed by atoms with Crippen LogP contribution in [0.1, 0.15) is 33.6 Å². The fraction of sp³-hybridized carbons (Fsp3) is 0.875. The van der Waals surface area contributed by atoms with Crippen molar-refractivity contribution in [1.29, 1.82) is 0 Å². The molecule has 1 unspecified atom stereocenters. The molecule has 0 aliphatic heterocycles. The molecule has 0 radical (unpaired) electrons. The number of carbonyl (C=O) groups is 1. The van der Waals surface area contributed by atoms with Crippen molar-refractivity contribution in [3.05, 3.63) is 0 Å². The second kappa shape index (κ2) is 4.31. The summed E-state index contributed by atoms with van der Waals surface area (Å²) in [6.45, 7) is 6.12. The number of rotatable bonds is 4. The molecule has 1 atom stereocenters. The SMILES string of the molecule is CC(C)CC(C)CC(=O)[O-]. The summed E-state index contributed by atoms with van der Waals surface area (Å²) in [6.07, 6.45) is 1.16. The summed E-state index contributed by atoms with van der Waals surface area (Å²) in [5.41, 5.74) is 0. The van der Waals surface area contributed by atoms with Gasteiger partial charge in [0.1, 0.15) is 0 Å². The highest BCUT2D eigenvalue weighted by molar-refractivity contribution is 5.64. The van der Waals surface area contributed by atoms with Crippen LogP contribution in [0.5, 0.6) is 0 Å². The second-order valence-electron chi connectivity index (χ2n) is 3.31. The molecule has 0 saturated carbocycles. The summed E-state index contributed by atoms with van der Waals surface area (Å²) in [5, 5.41) is 10.1. The zero-order valence-corrected chi connectivity index (χ0v) is 6.89. The molecular formula is C8H15O2-. The van der Waals surface area contributed by atoms with E-state index in [-0.39, 0.29) is 12.3 Å². The zero-order valence-electron chi connectivity index (χ0n) is 6.89. The third-order valence-electron chi connectivity index (χ3n) is 1.39. The summed E-state index contributed by atoms with van der Waals surface area (Å²) in [4.78, 5) is 10.1. The lowest BCUT2D eigenvalue weighted by atomic mass is 9.96. The zero-order chi connectivity index (χ0) is 8.15. The summed E-state index contributed by atoms with van der Waals surface area (Å²) < 4.78 is 0. The van der Waals surface area contributed by atoms with Gasteiger partial charge in [0, 0.05) is 5.97 Å². The maximum absolute atomic E-state index is 10.1. The Kier molecular flexibility index (Phi) is 4.08. The van der Waals surface area contributed by atoms with Crippen LogP contribution in [0.3, 0.4) is 0 Å². The van der Waals surface area contributed by atoms with Crippen molar-refractivity contribution in [3.8, 4) is 0 Å². The second-order valence-corrected chi connectivity index (χ2v) is 3.31. The molecule has 0 aromatic heterocycles. The van der Waals surface area contributed by atoms with E-state index in [1.54, 1.807) is 0 Å². The first-order valence-corrected chi connectivity index (χ1v) is 3.72. The number of carboxylic acids is 1. The summed E-state index contributed by atoms with van der Waals surface area (Å²) in [5.74, 6) is -0.104. The van der Waals surface area contributed by atoms with E-state index in [1.807, 2.05) is 6.92 Å². The molecule has 0 aromatic rings. The molecule has 0 N–H and O–H groups in total. The molecule has 0 bridgehead atoms. The topological polar surface area (TPSA) is 40.1 Å². The van der Waals surface area contributed by atoms with Crippen LogP contribution in [-0.4, -0.2) is 5.97 Å². The Morgan fingerprint density at radius 2 is 1.90 bits per heavy atom. The molecular weight excluding hydrogens is 128 g/mol. The molecule has 10 heavy (non-hydrogen) atoms. The van der Waals surface area contributed by atoms with Gasteiger partial charge in [0.25, 0.3) is 0 Å². The Morgan fingerprint density at radius 3 is 2.20 bits per heavy atom. The highest BCUT2D eigenvalue weighted by atomic mass is 16.4. The predicted octanol–water partition coefficient (Wildman–Crippen LogP) is 0.809. The average Bonchev–Trinajstić information content (AvgIpc) is 1.58. The van der Waals surface area contributed by atoms with Crippen LogP contribution in [0.15, 0.2) is 0 Å². The lowest BCUT2D eigenvalue weighted by Gasteiger charge is -2.13. The van der Waals surface area contributed by atoms with Crippen molar-refractivity contribution < 1.29 is 9.90 Å². The fourth-order valence-corrected chi connectivity index (χ4v) is 1.17. The Hall–Kier alpha value is -0.530. The fourth-order valence-electron chi connectivity index (χ4n) is 1.17. The van der Waals surface area contributed by atoms with Gasteiger partial charge in [0.15, 0.2) is 0 Å². The van der Waals surface area contributed by atoms with Crippen LogP contribution in [0.25, 0.3) is 0 Å². The predicted molar refractivity (Wildman–Crippen MR) is 38.2 cm³/mol. The maximum Gasteiger partial charge on any atom is 0.0416 e. The largest absolute Gasteiger partial charge is 0.550 e. The van der Waals surface area contributed by atoms with E-state index in [0.717, 1.165) is 6.42 Å². The van der Waals surface area contributed by atoms with E-state index in [4.69, 9.17) is 0 Å². The smallest absolute Gasteiger partial charge is 0.0416 e. The molecule has 0 fully saturated rings. The van der Waals surface area contributed by atoms with Crippen LogP contribution in [-0.2, 0) is 4.79 Å². The first kappa shape index (κ1) is 9.47. The first-order chi connectivity index (χ1) is 4.52. The van der Waals surface area contributed by atoms with Gasteiger partial charge in [-0.2, -0.15) is 0 Å². The minimum atomic E-state index is -0.937. The van der Waals surface area contributed by atoms with Gasteiger partial charge >= 0.3 is 0 Å². The van der Waals surface area contributed by atoms with Crippen molar-refractivity contribution in [1.82, 2.24) is 0 Å². The van der Waals surface area contributed by atoms with Crippen LogP contribution < -0.4 is 5.11 Å². The van der Waals surface area contributed by atoms with Crippen molar-refractivity contribution in [2.45, 2.75) is 33.6 Å². The number of hydrogen-bond acceptors (Lipinski definition) is 2. The summed E-state index contributed by atoms with van der Waals surface area (Å²) >= 11 is 0. The third-order valence-corrected chi connectivity index (χ3v) is 1.39. The van der Waals surface area contributed by atoms with Crippen LogP contribution in [0.2, 0.25) is 0 Å². The van der Waals surface area contributed by atoms with Crippen molar-refractivity contribution >= 4 is 5.97 Å². The monoisotopic (exact) mass is 143 g/mol. The molecule has 0 spiro atoms. The minimum absolute atomic E-state index is 0.193. The molecule has 2 nitrogen and oxygen atoms in total. The normalized spacial score (nSPS) is 13.6. The molecule has 0 aromatic carbocycles. The lowest BCUT2D eigenvalue weighted by Crippen LogP contribution is -2.24. The van der Waals surface area contributed by atoms with Crippen molar-refractivity contribution in [3.63, 3.8) is 0 Å². The summed E-state index contributed by atoms with van der Waals surface area (Å²) in [7, 11) is 0. The quantitative estimate of drug-likeness (QED) is 0.584. The van der Waals surface area contributed by atoms with Gasteiger partial charge in [-0.05, 0) is 24.7 Å². The average molecular weight is 143 g/mol. The lowest BCUT2D eigenvalue weighted by molar-refractivity contribution is -0.306. The van der Waals surface area contributed by atoms with Crippen molar-refractivity contribution in [2.75, 3.05) is 0 Å². The van der Waals surface area contributed by atoms with Gasteiger partial charge < -0.3 is 9.90 Å². The third kappa shape index (κ3) is 5.60. The maximum atomic E-state index is 10.1. The molecule has 2 heteroatoms. The Bertz CT molecular complexity index is 108. The van der Waals surface area contributed by atoms with Gasteiger partial charge in [-0.15, -0.1) is 0 Å². The van der Waals surface area contributed by atoms with Gasteiger partial charge in [-0.25, -0.2) is 0 Å². The summed E-state index contributed by atoms with van der Waals surface area (Å²) in [6, 6.07) is 0. The Morgan fingerprint density at radius 1 is 1.40 bits per heavy atom. The van der Waals surface area contributed by atoms with Crippen LogP contribution in [0.4, 0.5) is 0 Å². The number of carbonyl (C=O) groups excluding carboxylic acids is 1. The molecule has 0 heterocycles. The number of hydrogen-bond donors (Lipinski definition) is 0. The van der Waals surface area contributed by atoms with E-state index in [2.05, 4.69) is 13.8 Å². The molecule has 0 saturated heterocycles. The van der Waals surface area contributed by atoms with Crippen LogP contribution >= 0.6 is 0 Å². The molecule has 0 aliphatic rings. The highest BCUT2D eigenvalue weighted by Gasteiger charge is 2.04. The molecule has 0 aliphatic carbocycles. The van der Waals surface area contributed by atoms with E-state index in [0.29, 0.717) is 5.92 Å². The molecule has 0 rings (SSSR count). The van der Waals surface area contributed by atoms with Crippen molar-refractivity contribution in [2.24, 2.45) is 11.8 Å². The van der Waals surface area contributed by atoms with Gasteiger partial charge in [-0.1, -0.05) is 20.8 Å². The van der Waals surface area contributed by atoms with Crippen LogP contribution in [0, 0.1) is 11.8 Å². The van der Waals surface area contributed by atoms with E-state index >= 15 is 0 Å².